The maximum Gasteiger partial charge on any atom is 0.227 e. The maximum atomic E-state index is 12.4. The largest absolute Gasteiger partial charge is 0.356 e. The van der Waals surface area contributed by atoms with E-state index in [-0.39, 0.29) is 11.3 Å². The molecule has 0 unspecified atom stereocenters. The smallest absolute Gasteiger partial charge is 0.227 e. The third-order valence-electron chi connectivity index (χ3n) is 4.60. The van der Waals surface area contributed by atoms with Crippen LogP contribution in [-0.2, 0) is 4.79 Å². The second kappa shape index (κ2) is 7.88. The summed E-state index contributed by atoms with van der Waals surface area (Å²) in [6, 6.07) is 0. The summed E-state index contributed by atoms with van der Waals surface area (Å²) in [5.41, 5.74) is 5.62. The number of hydrogen-bond donors (Lipinski definition) is 2. The Balaban J connectivity index is 2.30. The summed E-state index contributed by atoms with van der Waals surface area (Å²) in [5, 5.41) is 3.11. The Hall–Kier alpha value is -0.570. The van der Waals surface area contributed by atoms with Crippen molar-refractivity contribution in [1.82, 2.24) is 5.32 Å². The zero-order valence-corrected chi connectivity index (χ0v) is 13.0. The number of amides is 1. The van der Waals surface area contributed by atoms with Crippen LogP contribution >= 0.6 is 0 Å². The molecule has 0 radical (unpaired) electrons. The van der Waals surface area contributed by atoms with E-state index in [2.05, 4.69) is 26.1 Å². The van der Waals surface area contributed by atoms with Crippen molar-refractivity contribution in [3.05, 3.63) is 0 Å². The maximum absolute atomic E-state index is 12.4. The van der Waals surface area contributed by atoms with Crippen LogP contribution in [0.15, 0.2) is 0 Å². The molecule has 1 aliphatic rings. The first-order chi connectivity index (χ1) is 9.00. The van der Waals surface area contributed by atoms with Crippen molar-refractivity contribution in [1.29, 1.82) is 0 Å². The van der Waals surface area contributed by atoms with E-state index in [0.717, 1.165) is 50.5 Å². The molecular formula is C16H32N2O. The fourth-order valence-electron chi connectivity index (χ4n) is 2.91. The van der Waals surface area contributed by atoms with Gasteiger partial charge in [-0.3, -0.25) is 4.79 Å². The van der Waals surface area contributed by atoms with Crippen LogP contribution in [0.25, 0.3) is 0 Å². The molecule has 1 amide bonds. The first-order valence-corrected chi connectivity index (χ1v) is 7.98. The molecule has 3 heteroatoms. The number of carbonyl (C=O) groups excluding carboxylic acids is 1. The molecule has 1 saturated carbocycles. The van der Waals surface area contributed by atoms with E-state index in [1.807, 2.05) is 0 Å². The molecule has 0 heterocycles. The van der Waals surface area contributed by atoms with E-state index >= 15 is 0 Å². The van der Waals surface area contributed by atoms with Gasteiger partial charge in [0, 0.05) is 13.1 Å². The summed E-state index contributed by atoms with van der Waals surface area (Å²) in [5.74, 6) is 1.70. The van der Waals surface area contributed by atoms with Gasteiger partial charge >= 0.3 is 0 Å². The zero-order chi connectivity index (χ0) is 14.3. The van der Waals surface area contributed by atoms with Crippen LogP contribution < -0.4 is 11.1 Å². The van der Waals surface area contributed by atoms with Crippen molar-refractivity contribution >= 4 is 5.91 Å². The summed E-state index contributed by atoms with van der Waals surface area (Å²) in [6.45, 7) is 8.06. The lowest BCUT2D eigenvalue weighted by Crippen LogP contribution is -2.48. The van der Waals surface area contributed by atoms with Crippen LogP contribution in [0.1, 0.15) is 65.7 Å². The summed E-state index contributed by atoms with van der Waals surface area (Å²) in [7, 11) is 0. The van der Waals surface area contributed by atoms with Gasteiger partial charge in [-0.15, -0.1) is 0 Å². The average Bonchev–Trinajstić information content (AvgIpc) is 2.39. The summed E-state index contributed by atoms with van der Waals surface area (Å²) >= 11 is 0. The number of unbranched alkanes of at least 4 members (excludes halogenated alkanes) is 1. The lowest BCUT2D eigenvalue weighted by Gasteiger charge is -2.37. The summed E-state index contributed by atoms with van der Waals surface area (Å²) in [4.78, 5) is 12.4. The van der Waals surface area contributed by atoms with Gasteiger partial charge in [-0.05, 0) is 43.9 Å². The number of hydrogen-bond acceptors (Lipinski definition) is 2. The molecule has 0 aromatic heterocycles. The molecule has 0 bridgehead atoms. The molecule has 1 fully saturated rings. The Morgan fingerprint density at radius 3 is 2.47 bits per heavy atom. The van der Waals surface area contributed by atoms with Gasteiger partial charge in [0.05, 0.1) is 5.41 Å². The molecule has 112 valence electrons. The van der Waals surface area contributed by atoms with E-state index in [0.29, 0.717) is 6.54 Å². The Morgan fingerprint density at radius 2 is 1.95 bits per heavy atom. The molecule has 1 rings (SSSR count). The van der Waals surface area contributed by atoms with E-state index in [1.54, 1.807) is 0 Å². The quantitative estimate of drug-likeness (QED) is 0.697. The van der Waals surface area contributed by atoms with Gasteiger partial charge in [0.2, 0.25) is 5.91 Å². The molecule has 19 heavy (non-hydrogen) atoms. The van der Waals surface area contributed by atoms with Crippen molar-refractivity contribution in [2.75, 3.05) is 13.1 Å². The van der Waals surface area contributed by atoms with Crippen LogP contribution in [0.3, 0.4) is 0 Å². The SMILES string of the molecule is CC(C)CCCCNC(=O)C1(CN)CCC(C)CC1. The van der Waals surface area contributed by atoms with Crippen LogP contribution in [0.2, 0.25) is 0 Å². The first-order valence-electron chi connectivity index (χ1n) is 7.98. The Labute approximate surface area is 118 Å². The second-order valence-electron chi connectivity index (χ2n) is 6.81. The molecule has 0 saturated heterocycles. The van der Waals surface area contributed by atoms with Crippen molar-refractivity contribution < 1.29 is 4.79 Å². The second-order valence-corrected chi connectivity index (χ2v) is 6.81. The van der Waals surface area contributed by atoms with Crippen LogP contribution in [0.5, 0.6) is 0 Å². The molecule has 0 aromatic carbocycles. The van der Waals surface area contributed by atoms with Gasteiger partial charge in [-0.2, -0.15) is 0 Å². The Morgan fingerprint density at radius 1 is 1.32 bits per heavy atom. The minimum absolute atomic E-state index is 0.200. The molecule has 0 spiro atoms. The molecule has 1 aliphatic carbocycles. The average molecular weight is 268 g/mol. The van der Waals surface area contributed by atoms with Gasteiger partial charge < -0.3 is 11.1 Å². The van der Waals surface area contributed by atoms with Crippen molar-refractivity contribution in [3.8, 4) is 0 Å². The normalized spacial score (nSPS) is 27.5. The molecule has 0 aliphatic heterocycles. The topological polar surface area (TPSA) is 55.1 Å². The number of carbonyl (C=O) groups is 1. The molecule has 0 atom stereocenters. The molecule has 0 aromatic rings. The summed E-state index contributed by atoms with van der Waals surface area (Å²) in [6.07, 6.45) is 7.72. The van der Waals surface area contributed by atoms with Crippen LogP contribution in [0.4, 0.5) is 0 Å². The number of rotatable bonds is 7. The van der Waals surface area contributed by atoms with Crippen molar-refractivity contribution in [2.24, 2.45) is 23.0 Å². The first kappa shape index (κ1) is 16.5. The highest BCUT2D eigenvalue weighted by atomic mass is 16.2. The monoisotopic (exact) mass is 268 g/mol. The molecule has 3 nitrogen and oxygen atoms in total. The van der Waals surface area contributed by atoms with E-state index in [1.165, 1.54) is 12.8 Å². The predicted molar refractivity (Wildman–Crippen MR) is 80.8 cm³/mol. The van der Waals surface area contributed by atoms with Gasteiger partial charge in [0.25, 0.3) is 0 Å². The van der Waals surface area contributed by atoms with Gasteiger partial charge in [0.1, 0.15) is 0 Å². The van der Waals surface area contributed by atoms with Crippen LogP contribution in [-0.4, -0.2) is 19.0 Å². The highest BCUT2D eigenvalue weighted by Gasteiger charge is 2.39. The Kier molecular flexibility index (Phi) is 6.84. The minimum atomic E-state index is -0.273. The predicted octanol–water partition coefficient (Wildman–Crippen LogP) is 3.08. The third-order valence-corrected chi connectivity index (χ3v) is 4.60. The highest BCUT2D eigenvalue weighted by Crippen LogP contribution is 2.38. The number of nitrogens with one attached hydrogen (secondary N) is 1. The highest BCUT2D eigenvalue weighted by molar-refractivity contribution is 5.83. The number of nitrogens with two attached hydrogens (primary N) is 1. The fourth-order valence-corrected chi connectivity index (χ4v) is 2.91. The zero-order valence-electron chi connectivity index (χ0n) is 13.0. The van der Waals surface area contributed by atoms with E-state index in [9.17, 15) is 4.79 Å². The van der Waals surface area contributed by atoms with E-state index in [4.69, 9.17) is 5.73 Å². The minimum Gasteiger partial charge on any atom is -0.356 e. The van der Waals surface area contributed by atoms with Crippen molar-refractivity contribution in [2.45, 2.75) is 65.7 Å². The Bertz CT molecular complexity index is 268. The fraction of sp³-hybridized carbons (Fsp3) is 0.938. The lowest BCUT2D eigenvalue weighted by atomic mass is 9.70. The lowest BCUT2D eigenvalue weighted by molar-refractivity contribution is -0.132. The van der Waals surface area contributed by atoms with Gasteiger partial charge in [0.15, 0.2) is 0 Å². The molecule has 3 N–H and O–H groups in total. The molecular weight excluding hydrogens is 236 g/mol. The standard InChI is InChI=1S/C16H32N2O/c1-13(2)6-4-5-11-18-15(19)16(12-17)9-7-14(3)8-10-16/h13-14H,4-12,17H2,1-3H3,(H,18,19). The summed E-state index contributed by atoms with van der Waals surface area (Å²) < 4.78 is 0. The third kappa shape index (κ3) is 5.13. The van der Waals surface area contributed by atoms with Gasteiger partial charge in [-0.1, -0.05) is 33.6 Å². The van der Waals surface area contributed by atoms with E-state index < -0.39 is 0 Å². The van der Waals surface area contributed by atoms with Crippen LogP contribution in [0, 0.1) is 17.3 Å². The van der Waals surface area contributed by atoms with Gasteiger partial charge in [-0.25, -0.2) is 0 Å². The van der Waals surface area contributed by atoms with Crippen molar-refractivity contribution in [3.63, 3.8) is 0 Å².